The van der Waals surface area contributed by atoms with E-state index < -0.39 is 0 Å². The predicted molar refractivity (Wildman–Crippen MR) is 84.7 cm³/mol. The number of rotatable bonds is 0. The van der Waals surface area contributed by atoms with Gasteiger partial charge in [-0.3, -0.25) is 0 Å². The zero-order valence-electron chi connectivity index (χ0n) is 11.4. The number of aryl methyl sites for hydroxylation is 1. The Hall–Kier alpha value is -2.61. The maximum atomic E-state index is 3.78. The van der Waals surface area contributed by atoms with E-state index in [1.54, 1.807) is 12.5 Å². The lowest BCUT2D eigenvalue weighted by atomic mass is 10.0. The summed E-state index contributed by atoms with van der Waals surface area (Å²) >= 11 is 0. The molecule has 3 aromatic carbocycles. The minimum Gasteiger partial charge on any atom is -0.341 e. The molecule has 1 heterocycles. The molecule has 20 heavy (non-hydrogen) atoms. The summed E-state index contributed by atoms with van der Waals surface area (Å²) in [7, 11) is 1.94. The Morgan fingerprint density at radius 3 is 1.45 bits per heavy atom. The van der Waals surface area contributed by atoms with E-state index in [2.05, 4.69) is 65.6 Å². The molecule has 2 heteroatoms. The van der Waals surface area contributed by atoms with Crippen LogP contribution in [0.15, 0.2) is 79.4 Å². The monoisotopic (exact) mass is 260 g/mol. The molecule has 0 N–H and O–H groups in total. The normalized spacial score (nSPS) is 10.2. The predicted octanol–water partition coefficient (Wildman–Crippen LogP) is 4.41. The number of benzene rings is 3. The summed E-state index contributed by atoms with van der Waals surface area (Å²) in [6, 6.07) is 21.4. The molecule has 0 aliphatic carbocycles. The maximum Gasteiger partial charge on any atom is 0.0943 e. The molecule has 0 saturated heterocycles. The summed E-state index contributed by atoms with van der Waals surface area (Å²) in [6.07, 6.45) is 5.39. The Morgan fingerprint density at radius 2 is 1.20 bits per heavy atom. The van der Waals surface area contributed by atoms with Crippen LogP contribution < -0.4 is 0 Å². The zero-order valence-corrected chi connectivity index (χ0v) is 11.4. The van der Waals surface area contributed by atoms with Gasteiger partial charge in [-0.05, 0) is 33.7 Å². The average molecular weight is 260 g/mol. The lowest BCUT2D eigenvalue weighted by Gasteiger charge is -2.00. The molecule has 0 fully saturated rings. The summed E-state index contributed by atoms with van der Waals surface area (Å²) in [5.41, 5.74) is 0. The molecule has 0 aliphatic heterocycles. The van der Waals surface area contributed by atoms with E-state index in [1.165, 1.54) is 21.5 Å². The molecule has 0 spiro atoms. The SMILES string of the molecule is Cn1ccnc1.c1ccc2cc3ccccc3cc2c1. The number of aromatic nitrogens is 2. The summed E-state index contributed by atoms with van der Waals surface area (Å²) < 4.78 is 1.89. The first-order chi connectivity index (χ1) is 9.83. The van der Waals surface area contributed by atoms with Gasteiger partial charge in [0, 0.05) is 19.4 Å². The molecule has 1 aromatic heterocycles. The fraction of sp³-hybridized carbons (Fsp3) is 0.0556. The molecule has 4 aromatic rings. The molecule has 0 bridgehead atoms. The van der Waals surface area contributed by atoms with Crippen molar-refractivity contribution in [3.8, 4) is 0 Å². The Labute approximate surface area is 118 Å². The molecule has 4 rings (SSSR count). The first-order valence-corrected chi connectivity index (χ1v) is 6.62. The summed E-state index contributed by atoms with van der Waals surface area (Å²) in [4.78, 5) is 3.78. The van der Waals surface area contributed by atoms with Crippen molar-refractivity contribution in [1.29, 1.82) is 0 Å². The molecular weight excluding hydrogens is 244 g/mol. The quantitative estimate of drug-likeness (QED) is 0.428. The standard InChI is InChI=1S/C14H10.C4H6N2/c1-2-6-12-10-14-8-4-3-7-13(14)9-11(12)5-1;1-6-3-2-5-4-6/h1-10H;2-4H,1H3. The maximum absolute atomic E-state index is 3.78. The van der Waals surface area contributed by atoms with Gasteiger partial charge in [0.1, 0.15) is 0 Å². The second-order valence-electron chi connectivity index (χ2n) is 4.77. The van der Waals surface area contributed by atoms with Crippen LogP contribution in [-0.4, -0.2) is 9.55 Å². The van der Waals surface area contributed by atoms with Gasteiger partial charge in [0.05, 0.1) is 6.33 Å². The molecule has 2 nitrogen and oxygen atoms in total. The lowest BCUT2D eigenvalue weighted by Crippen LogP contribution is -1.76. The van der Waals surface area contributed by atoms with Gasteiger partial charge in [0.15, 0.2) is 0 Å². The summed E-state index contributed by atoms with van der Waals surface area (Å²) in [5, 5.41) is 5.25. The van der Waals surface area contributed by atoms with Crippen LogP contribution in [-0.2, 0) is 7.05 Å². The molecule has 0 atom stereocenters. The van der Waals surface area contributed by atoms with E-state index in [0.29, 0.717) is 0 Å². The highest BCUT2D eigenvalue weighted by Crippen LogP contribution is 2.21. The molecule has 0 amide bonds. The minimum atomic E-state index is 1.31. The van der Waals surface area contributed by atoms with Crippen LogP contribution in [0.2, 0.25) is 0 Å². The number of fused-ring (bicyclic) bond motifs is 2. The van der Waals surface area contributed by atoms with Crippen LogP contribution in [0.5, 0.6) is 0 Å². The number of hydrogen-bond donors (Lipinski definition) is 0. The summed E-state index contributed by atoms with van der Waals surface area (Å²) in [6.45, 7) is 0. The van der Waals surface area contributed by atoms with Gasteiger partial charge in [-0.25, -0.2) is 4.98 Å². The van der Waals surface area contributed by atoms with Gasteiger partial charge in [-0.1, -0.05) is 48.5 Å². The second kappa shape index (κ2) is 5.57. The van der Waals surface area contributed by atoms with Crippen molar-refractivity contribution in [3.63, 3.8) is 0 Å². The topological polar surface area (TPSA) is 17.8 Å². The van der Waals surface area contributed by atoms with Gasteiger partial charge in [0.25, 0.3) is 0 Å². The van der Waals surface area contributed by atoms with E-state index in [-0.39, 0.29) is 0 Å². The van der Waals surface area contributed by atoms with E-state index in [4.69, 9.17) is 0 Å². The van der Waals surface area contributed by atoms with Crippen molar-refractivity contribution in [3.05, 3.63) is 79.4 Å². The highest BCUT2D eigenvalue weighted by molar-refractivity contribution is 5.98. The van der Waals surface area contributed by atoms with Crippen LogP contribution in [0.4, 0.5) is 0 Å². The minimum absolute atomic E-state index is 1.31. The molecule has 0 radical (unpaired) electrons. The Kier molecular flexibility index (Phi) is 3.46. The van der Waals surface area contributed by atoms with E-state index in [1.807, 2.05) is 17.8 Å². The van der Waals surface area contributed by atoms with E-state index in [0.717, 1.165) is 0 Å². The Balaban J connectivity index is 0.000000170. The van der Waals surface area contributed by atoms with Crippen LogP contribution in [0.3, 0.4) is 0 Å². The van der Waals surface area contributed by atoms with Crippen molar-refractivity contribution >= 4 is 21.5 Å². The third-order valence-electron chi connectivity index (χ3n) is 3.25. The molecule has 0 unspecified atom stereocenters. The Bertz CT molecular complexity index is 712. The molecule has 0 saturated carbocycles. The van der Waals surface area contributed by atoms with Crippen molar-refractivity contribution < 1.29 is 0 Å². The van der Waals surface area contributed by atoms with E-state index >= 15 is 0 Å². The molecule has 98 valence electrons. The van der Waals surface area contributed by atoms with Gasteiger partial charge < -0.3 is 4.57 Å². The highest BCUT2D eigenvalue weighted by atomic mass is 15.0. The lowest BCUT2D eigenvalue weighted by molar-refractivity contribution is 0.913. The van der Waals surface area contributed by atoms with Crippen molar-refractivity contribution in [1.82, 2.24) is 9.55 Å². The van der Waals surface area contributed by atoms with Crippen LogP contribution in [0.25, 0.3) is 21.5 Å². The first kappa shape index (κ1) is 12.4. The van der Waals surface area contributed by atoms with Crippen LogP contribution in [0, 0.1) is 0 Å². The van der Waals surface area contributed by atoms with Crippen molar-refractivity contribution in [2.45, 2.75) is 0 Å². The van der Waals surface area contributed by atoms with Gasteiger partial charge in [-0.2, -0.15) is 0 Å². The van der Waals surface area contributed by atoms with Gasteiger partial charge in [-0.15, -0.1) is 0 Å². The Morgan fingerprint density at radius 1 is 0.750 bits per heavy atom. The zero-order chi connectivity index (χ0) is 13.8. The molecular formula is C18H16N2. The third-order valence-corrected chi connectivity index (χ3v) is 3.25. The molecule has 0 aliphatic rings. The fourth-order valence-corrected chi connectivity index (χ4v) is 2.21. The number of hydrogen-bond acceptors (Lipinski definition) is 1. The van der Waals surface area contributed by atoms with Crippen molar-refractivity contribution in [2.75, 3.05) is 0 Å². The first-order valence-electron chi connectivity index (χ1n) is 6.62. The smallest absolute Gasteiger partial charge is 0.0943 e. The average Bonchev–Trinajstić information content (AvgIpc) is 2.97. The highest BCUT2D eigenvalue weighted by Gasteiger charge is 1.95. The second-order valence-corrected chi connectivity index (χ2v) is 4.77. The fourth-order valence-electron chi connectivity index (χ4n) is 2.21. The van der Waals surface area contributed by atoms with Crippen LogP contribution in [0.1, 0.15) is 0 Å². The number of imidazole rings is 1. The van der Waals surface area contributed by atoms with E-state index in [9.17, 15) is 0 Å². The van der Waals surface area contributed by atoms with Crippen molar-refractivity contribution in [2.24, 2.45) is 7.05 Å². The third kappa shape index (κ3) is 2.69. The largest absolute Gasteiger partial charge is 0.341 e. The van der Waals surface area contributed by atoms with Crippen LogP contribution >= 0.6 is 0 Å². The van der Waals surface area contributed by atoms with Gasteiger partial charge in [0.2, 0.25) is 0 Å². The van der Waals surface area contributed by atoms with Gasteiger partial charge >= 0.3 is 0 Å². The summed E-state index contributed by atoms with van der Waals surface area (Å²) in [5.74, 6) is 0. The number of nitrogens with zero attached hydrogens (tertiary/aromatic N) is 2.